The number of allylic oxidation sites excluding steroid dienone is 1. The van der Waals surface area contributed by atoms with Gasteiger partial charge in [-0.15, -0.1) is 0 Å². The van der Waals surface area contributed by atoms with E-state index in [2.05, 4.69) is 6.58 Å². The molecule has 0 unspecified atom stereocenters. The van der Waals surface area contributed by atoms with E-state index in [-0.39, 0.29) is 70.7 Å². The van der Waals surface area contributed by atoms with Crippen LogP contribution in [0.25, 0.3) is 5.57 Å². The smallest absolute Gasteiger partial charge is 1.00 e. The Morgan fingerprint density at radius 2 is 1.31 bits per heavy atom. The zero-order valence-corrected chi connectivity index (χ0v) is 19.8. The van der Waals surface area contributed by atoms with E-state index < -0.39 is 5.97 Å². The third-order valence-electron chi connectivity index (χ3n) is 4.25. The largest absolute Gasteiger partial charge is 1.00 e. The van der Waals surface area contributed by atoms with Crippen LogP contribution in [0.4, 0.5) is 0 Å². The molecule has 0 aliphatic rings. The topological polar surface area (TPSA) is 55.8 Å². The molecule has 0 spiro atoms. The Morgan fingerprint density at radius 3 is 1.72 bits per heavy atom. The van der Waals surface area contributed by atoms with Gasteiger partial charge >= 0.3 is 57.4 Å². The Morgan fingerprint density at radius 1 is 0.862 bits per heavy atom. The summed E-state index contributed by atoms with van der Waals surface area (Å²) < 4.78 is 11.8. The summed E-state index contributed by atoms with van der Waals surface area (Å²) >= 11 is 0. The monoisotopic (exact) mass is 414 g/mol. The number of aromatic carboxylic acids is 1. The molecular formula is C24H23KO4. The van der Waals surface area contributed by atoms with E-state index in [0.717, 1.165) is 16.7 Å². The quantitative estimate of drug-likeness (QED) is 0.576. The molecule has 0 radical (unpaired) electrons. The summed E-state index contributed by atoms with van der Waals surface area (Å²) in [7, 11) is 0. The summed E-state index contributed by atoms with van der Waals surface area (Å²) in [5, 5.41) is 9.62. The molecule has 0 saturated carbocycles. The van der Waals surface area contributed by atoms with Crippen molar-refractivity contribution in [1.29, 1.82) is 0 Å². The molecule has 1 N–H and O–H groups in total. The number of carboxylic acid groups (broad SMARTS) is 1. The molecule has 0 atom stereocenters. The predicted octanol–water partition coefficient (Wildman–Crippen LogP) is 2.69. The predicted molar refractivity (Wildman–Crippen MR) is 111 cm³/mol. The van der Waals surface area contributed by atoms with Crippen LogP contribution in [-0.4, -0.2) is 11.1 Å². The molecule has 0 aliphatic heterocycles. The number of hydrogen-bond donors (Lipinski definition) is 1. The fraction of sp³-hybridized carbons (Fsp3) is 0.125. The number of carboxylic acids is 1. The van der Waals surface area contributed by atoms with Gasteiger partial charge in [0.05, 0.1) is 0 Å². The van der Waals surface area contributed by atoms with Gasteiger partial charge in [-0.3, -0.25) is 0 Å². The average Bonchev–Trinajstić information content (AvgIpc) is 2.71. The number of carbonyl (C=O) groups is 1. The van der Waals surface area contributed by atoms with Crippen molar-refractivity contribution in [2.45, 2.75) is 20.1 Å². The van der Waals surface area contributed by atoms with Gasteiger partial charge in [0.2, 0.25) is 0 Å². The molecule has 3 aromatic rings. The van der Waals surface area contributed by atoms with Crippen LogP contribution in [0.15, 0.2) is 79.4 Å². The van der Waals surface area contributed by atoms with E-state index >= 15 is 0 Å². The van der Waals surface area contributed by atoms with Crippen LogP contribution in [-0.2, 0) is 13.2 Å². The van der Waals surface area contributed by atoms with Crippen LogP contribution >= 0.6 is 0 Å². The number of ether oxygens (including phenoxy) is 2. The van der Waals surface area contributed by atoms with Gasteiger partial charge < -0.3 is 16.0 Å². The Kier molecular flexibility index (Phi) is 9.14. The van der Waals surface area contributed by atoms with E-state index in [1.54, 1.807) is 12.1 Å². The molecule has 29 heavy (non-hydrogen) atoms. The van der Waals surface area contributed by atoms with Crippen LogP contribution in [0, 0.1) is 0 Å². The zero-order chi connectivity index (χ0) is 19.9. The third-order valence-corrected chi connectivity index (χ3v) is 4.25. The molecule has 0 amide bonds. The molecule has 3 rings (SSSR count). The summed E-state index contributed by atoms with van der Waals surface area (Å²) in [5.41, 5.74) is 3.43. The van der Waals surface area contributed by atoms with E-state index in [9.17, 15) is 9.90 Å². The Bertz CT molecular complexity index is 899. The van der Waals surface area contributed by atoms with Gasteiger partial charge in [-0.2, -0.15) is 0 Å². The van der Waals surface area contributed by atoms with Crippen molar-refractivity contribution in [1.82, 2.24) is 0 Å². The molecule has 0 aromatic heterocycles. The SMILES string of the molecule is C=C(C)c1cc(C(=O)O)c(OCc2ccccc2)cc1OCc1ccccc1.[H-].[K+]. The molecule has 4 nitrogen and oxygen atoms in total. The summed E-state index contributed by atoms with van der Waals surface area (Å²) in [4.78, 5) is 11.7. The van der Waals surface area contributed by atoms with Crippen LogP contribution < -0.4 is 60.9 Å². The van der Waals surface area contributed by atoms with E-state index in [0.29, 0.717) is 17.9 Å². The van der Waals surface area contributed by atoms with Gasteiger partial charge in [0, 0.05) is 11.6 Å². The Hall–Kier alpha value is -1.89. The maximum Gasteiger partial charge on any atom is 1.00 e. The molecule has 5 heteroatoms. The second-order valence-electron chi connectivity index (χ2n) is 6.48. The first-order valence-corrected chi connectivity index (χ1v) is 8.95. The number of hydrogen-bond acceptors (Lipinski definition) is 3. The van der Waals surface area contributed by atoms with E-state index in [1.165, 1.54) is 0 Å². The maximum absolute atomic E-state index is 11.7. The van der Waals surface area contributed by atoms with Crippen molar-refractivity contribution in [3.63, 3.8) is 0 Å². The van der Waals surface area contributed by atoms with Crippen molar-refractivity contribution < 1.29 is 72.2 Å². The minimum atomic E-state index is -1.06. The minimum absolute atomic E-state index is 0. The standard InChI is InChI=1S/C24H22O4.K.H/c1-17(2)20-13-21(24(25)26)23(28-16-19-11-7-4-8-12-19)14-22(20)27-15-18-9-5-3-6-10-18;;/h3-14H,1,15-16H2,2H3,(H,25,26);;/q;+1;-1. The maximum atomic E-state index is 11.7. The molecule has 0 heterocycles. The summed E-state index contributed by atoms with van der Waals surface area (Å²) in [5.74, 6) is -0.242. The normalized spacial score (nSPS) is 9.97. The fourth-order valence-electron chi connectivity index (χ4n) is 2.77. The molecule has 0 bridgehead atoms. The second kappa shape index (κ2) is 11.3. The first kappa shape index (κ1) is 23.4. The van der Waals surface area contributed by atoms with Gasteiger partial charge in [-0.25, -0.2) is 4.79 Å². The van der Waals surface area contributed by atoms with Gasteiger partial charge in [0.15, 0.2) is 0 Å². The summed E-state index contributed by atoms with van der Waals surface area (Å²) in [6.07, 6.45) is 0. The van der Waals surface area contributed by atoms with Crippen LogP contribution in [0.5, 0.6) is 11.5 Å². The Labute approximate surface area is 215 Å². The zero-order valence-electron chi connectivity index (χ0n) is 17.7. The molecule has 3 aromatic carbocycles. The van der Waals surface area contributed by atoms with Crippen LogP contribution in [0.1, 0.15) is 35.4 Å². The molecule has 144 valence electrons. The second-order valence-corrected chi connectivity index (χ2v) is 6.48. The fourth-order valence-corrected chi connectivity index (χ4v) is 2.77. The van der Waals surface area contributed by atoms with Crippen molar-refractivity contribution in [2.24, 2.45) is 0 Å². The van der Waals surface area contributed by atoms with Gasteiger partial charge in [-0.05, 0) is 29.7 Å². The third kappa shape index (κ3) is 6.56. The first-order chi connectivity index (χ1) is 13.5. The van der Waals surface area contributed by atoms with Crippen molar-refractivity contribution in [3.05, 3.63) is 102 Å². The van der Waals surface area contributed by atoms with E-state index in [1.807, 2.05) is 67.6 Å². The van der Waals surface area contributed by atoms with Gasteiger partial charge in [0.25, 0.3) is 0 Å². The molecule has 0 saturated heterocycles. The van der Waals surface area contributed by atoms with E-state index in [4.69, 9.17) is 9.47 Å². The number of benzene rings is 3. The summed E-state index contributed by atoms with van der Waals surface area (Å²) in [6, 6.07) is 22.6. The van der Waals surface area contributed by atoms with Crippen LogP contribution in [0.2, 0.25) is 0 Å². The number of rotatable bonds is 8. The van der Waals surface area contributed by atoms with Crippen molar-refractivity contribution >= 4 is 11.5 Å². The van der Waals surface area contributed by atoms with Gasteiger partial charge in [-0.1, -0.05) is 67.2 Å². The molecular weight excluding hydrogens is 391 g/mol. The minimum Gasteiger partial charge on any atom is -1.00 e. The molecule has 0 fully saturated rings. The van der Waals surface area contributed by atoms with Crippen molar-refractivity contribution in [2.75, 3.05) is 0 Å². The summed E-state index contributed by atoms with van der Waals surface area (Å²) in [6.45, 7) is 6.41. The Balaban J connectivity index is 0.00000225. The average molecular weight is 415 g/mol. The van der Waals surface area contributed by atoms with Crippen molar-refractivity contribution in [3.8, 4) is 11.5 Å². The van der Waals surface area contributed by atoms with Gasteiger partial charge in [0.1, 0.15) is 30.3 Å². The first-order valence-electron chi connectivity index (χ1n) is 8.95. The van der Waals surface area contributed by atoms with Crippen LogP contribution in [0.3, 0.4) is 0 Å². The molecule has 0 aliphatic carbocycles.